The molecule has 0 aliphatic carbocycles. The maximum absolute atomic E-state index is 12.8. The summed E-state index contributed by atoms with van der Waals surface area (Å²) in [7, 11) is -0.505. The van der Waals surface area contributed by atoms with E-state index in [1.54, 1.807) is 0 Å². The van der Waals surface area contributed by atoms with Crippen molar-refractivity contribution in [1.82, 2.24) is 5.32 Å². The Bertz CT molecular complexity index is 1200. The normalized spacial score (nSPS) is 20.8. The van der Waals surface area contributed by atoms with Crippen molar-refractivity contribution in [3.8, 4) is 0 Å². The van der Waals surface area contributed by atoms with E-state index in [9.17, 15) is 9.59 Å². The third-order valence-electron chi connectivity index (χ3n) is 6.94. The fourth-order valence-corrected chi connectivity index (χ4v) is 4.12. The second-order valence-corrected chi connectivity index (χ2v) is 10.2. The second kappa shape index (κ2) is 9.87. The molecule has 2 aliphatic rings. The van der Waals surface area contributed by atoms with Gasteiger partial charge in [-0.2, -0.15) is 0 Å². The Morgan fingerprint density at radius 1 is 1.17 bits per heavy atom. The van der Waals surface area contributed by atoms with Crippen LogP contribution in [0.2, 0.25) is 0 Å². The number of amidine groups is 2. The molecule has 0 saturated carbocycles. The monoisotopic (exact) mass is 489 g/mol. The molecule has 2 amide bonds. The summed E-state index contributed by atoms with van der Waals surface area (Å²) in [6.45, 7) is 8.00. The van der Waals surface area contributed by atoms with Gasteiger partial charge in [-0.1, -0.05) is 42.5 Å². The molecular weight excluding hydrogens is 457 g/mol. The Labute approximate surface area is 211 Å². The Morgan fingerprint density at radius 3 is 2.50 bits per heavy atom. The van der Waals surface area contributed by atoms with Gasteiger partial charge in [0.2, 0.25) is 11.7 Å². The Balaban J connectivity index is 1.39. The molecular formula is C26H32BN5O4. The van der Waals surface area contributed by atoms with E-state index in [-0.39, 0.29) is 11.7 Å². The molecule has 2 aromatic carbocycles. The number of aryl methyl sites for hydroxylation is 1. The number of benzene rings is 2. The van der Waals surface area contributed by atoms with Crippen molar-refractivity contribution in [3.63, 3.8) is 0 Å². The summed E-state index contributed by atoms with van der Waals surface area (Å²) in [4.78, 5) is 29.3. The largest absolute Gasteiger partial charge is 0.494 e. The first-order valence-corrected chi connectivity index (χ1v) is 12.0. The lowest BCUT2D eigenvalue weighted by Crippen LogP contribution is -2.45. The average Bonchev–Trinajstić information content (AvgIpc) is 2.93. The zero-order valence-electron chi connectivity index (χ0n) is 21.1. The minimum atomic E-state index is -0.809. The molecule has 188 valence electrons. The van der Waals surface area contributed by atoms with Crippen molar-refractivity contribution in [2.45, 2.75) is 64.2 Å². The lowest BCUT2D eigenvalue weighted by atomic mass is 9.78. The van der Waals surface area contributed by atoms with Gasteiger partial charge < -0.3 is 25.7 Å². The summed E-state index contributed by atoms with van der Waals surface area (Å²) in [5.41, 5.74) is 8.41. The Morgan fingerprint density at radius 2 is 1.83 bits per heavy atom. The summed E-state index contributed by atoms with van der Waals surface area (Å²) in [6, 6.07) is 14.3. The topological polar surface area (TPSA) is 139 Å². The van der Waals surface area contributed by atoms with Crippen LogP contribution in [-0.4, -0.2) is 47.8 Å². The zero-order valence-corrected chi connectivity index (χ0v) is 21.1. The number of carbonyl (C=O) groups excluding carboxylic acids is 2. The van der Waals surface area contributed by atoms with Crippen LogP contribution in [0, 0.1) is 5.41 Å². The molecule has 9 nitrogen and oxygen atoms in total. The molecule has 4 rings (SSSR count). The minimum absolute atomic E-state index is 0.148. The number of nitrogens with two attached hydrogens (primary N) is 1. The van der Waals surface area contributed by atoms with Gasteiger partial charge in [0.25, 0.3) is 5.91 Å². The van der Waals surface area contributed by atoms with Gasteiger partial charge in [-0.15, -0.1) is 0 Å². The molecule has 2 aliphatic heterocycles. The zero-order chi connectivity index (χ0) is 26.1. The summed E-state index contributed by atoms with van der Waals surface area (Å²) in [6.07, 6.45) is 1.23. The van der Waals surface area contributed by atoms with E-state index in [0.29, 0.717) is 24.9 Å². The van der Waals surface area contributed by atoms with E-state index in [4.69, 9.17) is 20.5 Å². The first kappa shape index (κ1) is 25.6. The highest BCUT2D eigenvalue weighted by atomic mass is 16.7. The summed E-state index contributed by atoms with van der Waals surface area (Å²) in [5.74, 6) is -1.50. The van der Waals surface area contributed by atoms with Crippen LogP contribution in [0.5, 0.6) is 0 Å². The lowest BCUT2D eigenvalue weighted by Gasteiger charge is -2.32. The van der Waals surface area contributed by atoms with Gasteiger partial charge in [-0.05, 0) is 63.2 Å². The number of aliphatic imine (C=N–C) groups is 1. The molecule has 1 atom stereocenters. The number of nitrogens with one attached hydrogen (secondary N) is 3. The van der Waals surface area contributed by atoms with E-state index in [0.717, 1.165) is 16.6 Å². The standard InChI is InChI=1S/C26H32BN5O4/c1-25(2)26(3,4)36-27(35-25)18-11-13-19-17(15-18)10-12-20(23(33)30-19)31-24(34)22(29)32-21(28)14-16-8-6-5-7-9-16/h5-9,11,13,15,20H,10,12,14H2,1-4H3,(H,30,33)(H,31,34)(H3,28,29,32)/t20-/m0/s1. The van der Waals surface area contributed by atoms with Crippen LogP contribution in [-0.2, 0) is 31.7 Å². The van der Waals surface area contributed by atoms with Gasteiger partial charge in [-0.3, -0.25) is 15.0 Å². The molecule has 1 fully saturated rings. The van der Waals surface area contributed by atoms with E-state index < -0.39 is 36.1 Å². The molecule has 36 heavy (non-hydrogen) atoms. The maximum atomic E-state index is 12.8. The smallest absolute Gasteiger partial charge is 0.399 e. The predicted octanol–water partition coefficient (Wildman–Crippen LogP) is 1.93. The number of nitrogens with zero attached hydrogens (tertiary/aromatic N) is 1. The van der Waals surface area contributed by atoms with Gasteiger partial charge in [0.05, 0.1) is 11.2 Å². The molecule has 5 N–H and O–H groups in total. The number of rotatable bonds is 4. The number of hydrogen-bond acceptors (Lipinski definition) is 5. The molecule has 1 saturated heterocycles. The minimum Gasteiger partial charge on any atom is -0.399 e. The molecule has 2 heterocycles. The summed E-state index contributed by atoms with van der Waals surface area (Å²) >= 11 is 0. The van der Waals surface area contributed by atoms with E-state index in [2.05, 4.69) is 15.6 Å². The highest BCUT2D eigenvalue weighted by molar-refractivity contribution is 6.62. The summed E-state index contributed by atoms with van der Waals surface area (Å²) in [5, 5.41) is 13.5. The quantitative estimate of drug-likeness (QED) is 0.295. The highest BCUT2D eigenvalue weighted by Crippen LogP contribution is 2.36. The third kappa shape index (κ3) is 5.50. The highest BCUT2D eigenvalue weighted by Gasteiger charge is 2.51. The van der Waals surface area contributed by atoms with Crippen LogP contribution in [0.4, 0.5) is 5.69 Å². The molecule has 0 unspecified atom stereocenters. The Kier molecular flexibility index (Phi) is 7.02. The van der Waals surface area contributed by atoms with Crippen LogP contribution < -0.4 is 21.8 Å². The molecule has 10 heteroatoms. The number of fused-ring (bicyclic) bond motifs is 1. The number of anilines is 1. The van der Waals surface area contributed by atoms with Gasteiger partial charge >= 0.3 is 7.12 Å². The predicted molar refractivity (Wildman–Crippen MR) is 141 cm³/mol. The first-order chi connectivity index (χ1) is 16.9. The molecule has 0 spiro atoms. The van der Waals surface area contributed by atoms with Crippen molar-refractivity contribution >= 4 is 41.8 Å². The van der Waals surface area contributed by atoms with Crippen LogP contribution in [0.25, 0.3) is 0 Å². The molecule has 2 aromatic rings. The van der Waals surface area contributed by atoms with Gasteiger partial charge in [0.1, 0.15) is 11.9 Å². The van der Waals surface area contributed by atoms with Crippen molar-refractivity contribution in [2.24, 2.45) is 10.7 Å². The van der Waals surface area contributed by atoms with Crippen molar-refractivity contribution in [3.05, 3.63) is 59.7 Å². The van der Waals surface area contributed by atoms with Gasteiger partial charge in [0, 0.05) is 12.1 Å². The van der Waals surface area contributed by atoms with Crippen LogP contribution in [0.3, 0.4) is 0 Å². The van der Waals surface area contributed by atoms with Crippen molar-refractivity contribution in [2.75, 3.05) is 5.32 Å². The summed E-state index contributed by atoms with van der Waals surface area (Å²) < 4.78 is 12.3. The number of carbonyl (C=O) groups is 2. The first-order valence-electron chi connectivity index (χ1n) is 12.0. The number of amides is 2. The van der Waals surface area contributed by atoms with E-state index >= 15 is 0 Å². The lowest BCUT2D eigenvalue weighted by molar-refractivity contribution is -0.123. The fraction of sp³-hybridized carbons (Fsp3) is 0.385. The third-order valence-corrected chi connectivity index (χ3v) is 6.94. The SMILES string of the molecule is CC1(C)OB(c2ccc3c(c2)CC[C@H](NC(=O)C(=N)N=C(N)Cc2ccccc2)C(=O)N3)OC1(C)C. The van der Waals surface area contributed by atoms with Crippen molar-refractivity contribution < 1.29 is 18.9 Å². The van der Waals surface area contributed by atoms with Crippen LogP contribution in [0.15, 0.2) is 53.5 Å². The van der Waals surface area contributed by atoms with E-state index in [1.165, 1.54) is 0 Å². The van der Waals surface area contributed by atoms with Crippen molar-refractivity contribution in [1.29, 1.82) is 5.41 Å². The average molecular weight is 489 g/mol. The van der Waals surface area contributed by atoms with E-state index in [1.807, 2.05) is 76.2 Å². The maximum Gasteiger partial charge on any atom is 0.494 e. The fourth-order valence-electron chi connectivity index (χ4n) is 4.12. The Hall–Kier alpha value is -3.50. The second-order valence-electron chi connectivity index (χ2n) is 10.2. The van der Waals surface area contributed by atoms with Crippen LogP contribution >= 0.6 is 0 Å². The number of hydrogen-bond donors (Lipinski definition) is 4. The molecule has 0 bridgehead atoms. The molecule has 0 radical (unpaired) electrons. The van der Waals surface area contributed by atoms with Crippen LogP contribution in [0.1, 0.15) is 45.2 Å². The molecule has 0 aromatic heterocycles. The van der Waals surface area contributed by atoms with Gasteiger partial charge in [0.15, 0.2) is 0 Å². The van der Waals surface area contributed by atoms with Gasteiger partial charge in [-0.25, -0.2) is 4.99 Å².